The molecule has 1 aliphatic rings. The molecule has 0 bridgehead atoms. The fraction of sp³-hybridized carbons (Fsp3) is 0.417. The Morgan fingerprint density at radius 3 is 2.59 bits per heavy atom. The molecule has 0 unspecified atom stereocenters. The molecule has 0 saturated carbocycles. The number of benzene rings is 1. The lowest BCUT2D eigenvalue weighted by Gasteiger charge is -2.34. The molecular formula is C12H16FN3S. The Hall–Kier alpha value is -1.20. The maximum absolute atomic E-state index is 13.9. The van der Waals surface area contributed by atoms with Gasteiger partial charge in [-0.05, 0) is 25.2 Å². The number of likely N-dealkylation sites (N-methyl/N-ethyl adjacent to an activating group) is 1. The van der Waals surface area contributed by atoms with Gasteiger partial charge in [-0.2, -0.15) is 0 Å². The van der Waals surface area contributed by atoms with Gasteiger partial charge in [-0.15, -0.1) is 0 Å². The lowest BCUT2D eigenvalue weighted by atomic mass is 10.2. The van der Waals surface area contributed by atoms with Gasteiger partial charge in [0.25, 0.3) is 0 Å². The maximum Gasteiger partial charge on any atom is 0.148 e. The maximum atomic E-state index is 13.9. The van der Waals surface area contributed by atoms with Gasteiger partial charge in [0.2, 0.25) is 0 Å². The third kappa shape index (κ3) is 2.92. The van der Waals surface area contributed by atoms with Crippen LogP contribution in [0, 0.1) is 5.82 Å². The van der Waals surface area contributed by atoms with E-state index in [0.717, 1.165) is 26.2 Å². The molecule has 1 fully saturated rings. The van der Waals surface area contributed by atoms with Crippen molar-refractivity contribution in [2.24, 2.45) is 0 Å². The molecule has 5 heteroatoms. The van der Waals surface area contributed by atoms with Crippen LogP contribution in [0.25, 0.3) is 0 Å². The van der Waals surface area contributed by atoms with E-state index in [1.165, 1.54) is 11.6 Å². The highest BCUT2D eigenvalue weighted by Gasteiger charge is 2.17. The zero-order valence-corrected chi connectivity index (χ0v) is 10.6. The summed E-state index contributed by atoms with van der Waals surface area (Å²) in [6.45, 7) is 3.68. The number of nitrogens with zero attached hydrogens (tertiary/aromatic N) is 2. The van der Waals surface area contributed by atoms with Crippen molar-refractivity contribution < 1.29 is 4.39 Å². The number of hydrogen-bond acceptors (Lipinski definition) is 3. The Kier molecular flexibility index (Phi) is 3.91. The molecule has 1 aromatic rings. The van der Waals surface area contributed by atoms with E-state index in [4.69, 9.17) is 0 Å². The molecule has 3 nitrogen and oxygen atoms in total. The Bertz CT molecular complexity index is 403. The van der Waals surface area contributed by atoms with Crippen LogP contribution < -0.4 is 10.2 Å². The zero-order chi connectivity index (χ0) is 12.3. The molecule has 0 spiro atoms. The lowest BCUT2D eigenvalue weighted by Crippen LogP contribution is -2.44. The van der Waals surface area contributed by atoms with Crippen LogP contribution in [-0.2, 0) is 0 Å². The number of anilines is 2. The quantitative estimate of drug-likeness (QED) is 0.830. The monoisotopic (exact) mass is 253 g/mol. The molecule has 1 aromatic carbocycles. The Balaban J connectivity index is 2.13. The summed E-state index contributed by atoms with van der Waals surface area (Å²) in [4.78, 5) is 4.33. The van der Waals surface area contributed by atoms with E-state index in [9.17, 15) is 4.39 Å². The number of nitrogens with one attached hydrogen (secondary N) is 1. The van der Waals surface area contributed by atoms with E-state index in [1.54, 1.807) is 0 Å². The minimum atomic E-state index is -0.198. The van der Waals surface area contributed by atoms with Gasteiger partial charge in [-0.1, -0.05) is 12.2 Å². The zero-order valence-electron chi connectivity index (χ0n) is 9.82. The van der Waals surface area contributed by atoms with Crippen LogP contribution in [0.1, 0.15) is 0 Å². The number of rotatable bonds is 3. The molecule has 1 N–H and O–H groups in total. The summed E-state index contributed by atoms with van der Waals surface area (Å²) >= 11 is 4.67. The first-order chi connectivity index (χ1) is 8.20. The molecule has 2 rings (SSSR count). The summed E-state index contributed by atoms with van der Waals surface area (Å²) in [5, 5.41) is 2.81. The van der Waals surface area contributed by atoms with Gasteiger partial charge < -0.3 is 15.1 Å². The topological polar surface area (TPSA) is 18.5 Å². The van der Waals surface area contributed by atoms with Gasteiger partial charge >= 0.3 is 0 Å². The Morgan fingerprint density at radius 1 is 1.29 bits per heavy atom. The second-order valence-corrected chi connectivity index (χ2v) is 4.45. The Morgan fingerprint density at radius 2 is 2.00 bits per heavy atom. The third-order valence-corrected chi connectivity index (χ3v) is 3.14. The first-order valence-corrected chi connectivity index (χ1v) is 6.11. The van der Waals surface area contributed by atoms with Crippen molar-refractivity contribution in [2.45, 2.75) is 0 Å². The molecule has 17 heavy (non-hydrogen) atoms. The molecular weight excluding hydrogens is 237 g/mol. The smallest absolute Gasteiger partial charge is 0.148 e. The van der Waals surface area contributed by atoms with E-state index in [2.05, 4.69) is 34.4 Å². The predicted octanol–water partition coefficient (Wildman–Crippen LogP) is 1.95. The van der Waals surface area contributed by atoms with Gasteiger partial charge in [-0.3, -0.25) is 0 Å². The van der Waals surface area contributed by atoms with E-state index in [1.807, 2.05) is 12.1 Å². The highest BCUT2D eigenvalue weighted by atomic mass is 32.1. The van der Waals surface area contributed by atoms with Crippen LogP contribution in [0.15, 0.2) is 18.2 Å². The molecule has 0 aliphatic carbocycles. The molecule has 92 valence electrons. The van der Waals surface area contributed by atoms with Gasteiger partial charge in [0, 0.05) is 31.9 Å². The highest BCUT2D eigenvalue weighted by molar-refractivity contribution is 7.79. The first kappa shape index (κ1) is 12.3. The van der Waals surface area contributed by atoms with Crippen LogP contribution in [-0.4, -0.2) is 43.6 Å². The molecule has 0 atom stereocenters. The fourth-order valence-corrected chi connectivity index (χ4v) is 2.10. The molecule has 1 aliphatic heterocycles. The first-order valence-electron chi connectivity index (χ1n) is 5.64. The summed E-state index contributed by atoms with van der Waals surface area (Å²) in [7, 11) is 2.08. The molecule has 0 amide bonds. The number of halogens is 1. The van der Waals surface area contributed by atoms with Gasteiger partial charge in [0.05, 0.1) is 11.2 Å². The Labute approximate surface area is 106 Å². The van der Waals surface area contributed by atoms with Crippen LogP contribution in [0.5, 0.6) is 0 Å². The van der Waals surface area contributed by atoms with Crippen molar-refractivity contribution in [1.29, 1.82) is 0 Å². The largest absolute Gasteiger partial charge is 0.367 e. The van der Waals surface area contributed by atoms with Crippen LogP contribution in [0.4, 0.5) is 15.8 Å². The number of hydrogen-bond donors (Lipinski definition) is 1. The summed E-state index contributed by atoms with van der Waals surface area (Å²) in [5.41, 5.74) is 2.74. The fourth-order valence-electron chi connectivity index (χ4n) is 1.97. The average Bonchev–Trinajstić information content (AvgIpc) is 2.31. The van der Waals surface area contributed by atoms with Gasteiger partial charge in [0.1, 0.15) is 5.82 Å². The van der Waals surface area contributed by atoms with E-state index in [-0.39, 0.29) is 5.82 Å². The molecule has 1 heterocycles. The number of piperazine rings is 1. The van der Waals surface area contributed by atoms with E-state index < -0.39 is 0 Å². The van der Waals surface area contributed by atoms with Crippen LogP contribution in [0.3, 0.4) is 0 Å². The van der Waals surface area contributed by atoms with Crippen molar-refractivity contribution in [3.8, 4) is 0 Å². The summed E-state index contributed by atoms with van der Waals surface area (Å²) < 4.78 is 13.9. The van der Waals surface area contributed by atoms with E-state index >= 15 is 0 Å². The average molecular weight is 253 g/mol. The summed E-state index contributed by atoms with van der Waals surface area (Å²) in [6.07, 6.45) is 0. The molecule has 0 radical (unpaired) electrons. The molecule has 1 saturated heterocycles. The van der Waals surface area contributed by atoms with Crippen molar-refractivity contribution in [3.05, 3.63) is 24.0 Å². The summed E-state index contributed by atoms with van der Waals surface area (Å²) in [5.74, 6) is -0.198. The second kappa shape index (κ2) is 5.42. The second-order valence-electron chi connectivity index (χ2n) is 4.22. The minimum Gasteiger partial charge on any atom is -0.367 e. The normalized spacial score (nSPS) is 16.9. The van der Waals surface area contributed by atoms with Gasteiger partial charge in [-0.25, -0.2) is 4.39 Å². The molecule has 0 aromatic heterocycles. The SMILES string of the molecule is CN1CCN(c2ccc(NC=S)cc2F)CC1. The lowest BCUT2D eigenvalue weighted by molar-refractivity contribution is 0.311. The minimum absolute atomic E-state index is 0.198. The highest BCUT2D eigenvalue weighted by Crippen LogP contribution is 2.23. The predicted molar refractivity (Wildman–Crippen MR) is 73.4 cm³/mol. The third-order valence-electron chi connectivity index (χ3n) is 3.02. The standard InChI is InChI=1S/C12H16FN3S/c1-15-4-6-16(7-5-15)12-3-2-10(14-9-17)8-11(12)13/h2-3,8-9H,4-7H2,1H3,(H,14,17). The summed E-state index contributed by atoms with van der Waals surface area (Å²) in [6, 6.07) is 5.14. The van der Waals surface area contributed by atoms with E-state index in [0.29, 0.717) is 11.4 Å². The van der Waals surface area contributed by atoms with Crippen molar-refractivity contribution >= 4 is 29.1 Å². The van der Waals surface area contributed by atoms with Gasteiger partial charge in [0.15, 0.2) is 0 Å². The number of thiocarbonyl (C=S) groups is 1. The van der Waals surface area contributed by atoms with Crippen LogP contribution >= 0.6 is 12.2 Å². The van der Waals surface area contributed by atoms with Crippen LogP contribution in [0.2, 0.25) is 0 Å². The van der Waals surface area contributed by atoms with Crippen molar-refractivity contribution in [3.63, 3.8) is 0 Å². The van der Waals surface area contributed by atoms with Crippen molar-refractivity contribution in [1.82, 2.24) is 4.90 Å². The van der Waals surface area contributed by atoms with Crippen molar-refractivity contribution in [2.75, 3.05) is 43.4 Å².